The third-order valence-corrected chi connectivity index (χ3v) is 3.92. The van der Waals surface area contributed by atoms with Gasteiger partial charge in [-0.15, -0.1) is 20.7 Å². The van der Waals surface area contributed by atoms with Crippen molar-refractivity contribution in [2.24, 2.45) is 0 Å². The third-order valence-electron chi connectivity index (χ3n) is 2.22. The van der Waals surface area contributed by atoms with Gasteiger partial charge in [-0.3, -0.25) is 0 Å². The van der Waals surface area contributed by atoms with Crippen molar-refractivity contribution in [3.05, 3.63) is 54.6 Å². The topological polar surface area (TPSA) is 0 Å². The van der Waals surface area contributed by atoms with Gasteiger partial charge in [0, 0.05) is 0 Å². The van der Waals surface area contributed by atoms with Gasteiger partial charge in [0.25, 0.3) is 0 Å². The van der Waals surface area contributed by atoms with E-state index in [0.717, 1.165) is 0 Å². The molecule has 0 saturated carbocycles. The second-order valence-corrected chi connectivity index (χ2v) is 5.08. The minimum absolute atomic E-state index is 0. The molecule has 0 aliphatic rings. The van der Waals surface area contributed by atoms with Gasteiger partial charge in [-0.2, -0.15) is 0 Å². The molecule has 0 saturated heterocycles. The van der Waals surface area contributed by atoms with E-state index in [2.05, 4.69) is 48.5 Å². The highest BCUT2D eigenvalue weighted by molar-refractivity contribution is 8.93. The van der Waals surface area contributed by atoms with Gasteiger partial charge >= 0.3 is 19.3 Å². The molecule has 0 aliphatic heterocycles. The van der Waals surface area contributed by atoms with Gasteiger partial charge in [-0.1, -0.05) is 54.6 Å². The zero-order valence-corrected chi connectivity index (χ0v) is 12.1. The van der Waals surface area contributed by atoms with E-state index in [0.29, 0.717) is 0 Å². The van der Waals surface area contributed by atoms with Crippen LogP contribution in [0, 0.1) is 0 Å². The van der Waals surface area contributed by atoms with E-state index in [1.165, 1.54) is 14.8 Å². The largest absolute Gasteiger partial charge is 0.538 e. The summed E-state index contributed by atoms with van der Waals surface area (Å²) < 4.78 is 1.30. The van der Waals surface area contributed by atoms with E-state index in [-0.39, 0.29) is 17.0 Å². The molecule has 0 spiro atoms. The summed E-state index contributed by atoms with van der Waals surface area (Å²) in [5.41, 5.74) is 2.52. The highest BCUT2D eigenvalue weighted by Crippen LogP contribution is 2.16. The number of hydrogen-bond donors (Lipinski definition) is 0. The highest BCUT2D eigenvalue weighted by Gasteiger charge is 1.97. The molecule has 0 aromatic heterocycles. The van der Waals surface area contributed by atoms with Crippen LogP contribution in [0.2, 0.25) is 0 Å². The molecule has 0 N–H and O–H groups in total. The zero-order valence-electron chi connectivity index (χ0n) is 8.19. The molecule has 0 unspecified atom stereocenters. The fourth-order valence-corrected chi connectivity index (χ4v) is 2.37. The Bertz CT molecular complexity index is 400. The van der Waals surface area contributed by atoms with Crippen LogP contribution in [0.5, 0.6) is 0 Å². The number of benzene rings is 2. The number of halogens is 2. The van der Waals surface area contributed by atoms with Crippen molar-refractivity contribution in [3.8, 4) is 11.1 Å². The van der Waals surface area contributed by atoms with E-state index in [1.807, 2.05) is 6.07 Å². The fraction of sp³-hybridized carbons (Fsp3) is 0. The van der Waals surface area contributed by atoms with E-state index in [4.69, 9.17) is 9.07 Å². The van der Waals surface area contributed by atoms with E-state index >= 15 is 0 Å². The molecule has 0 radical (unpaired) electrons. The van der Waals surface area contributed by atoms with Crippen LogP contribution in [0.4, 0.5) is 0 Å². The summed E-state index contributed by atoms with van der Waals surface area (Å²) in [5, 5.41) is 0. The minimum atomic E-state index is -0.532. The van der Waals surface area contributed by atoms with Crippen LogP contribution in [-0.2, 0) is 0 Å². The molecule has 0 atom stereocenters. The maximum Gasteiger partial charge on any atom is 0.538 e. The van der Waals surface area contributed by atoms with Crippen molar-refractivity contribution in [1.29, 1.82) is 0 Å². The average Bonchev–Trinajstić information content (AvgIpc) is 2.30. The summed E-state index contributed by atoms with van der Waals surface area (Å²) in [6.45, 7) is 0. The van der Waals surface area contributed by atoms with Crippen LogP contribution in [0.25, 0.3) is 11.1 Å². The molecule has 0 bridgehead atoms. The van der Waals surface area contributed by atoms with Crippen molar-refractivity contribution in [2.45, 2.75) is 0 Å². The van der Waals surface area contributed by atoms with Gasteiger partial charge in [0.05, 0.1) is 0 Å². The first-order chi connectivity index (χ1) is 6.90. The maximum atomic E-state index is 5.86. The molecule has 15 heavy (non-hydrogen) atoms. The summed E-state index contributed by atoms with van der Waals surface area (Å²) in [5.74, 6) is 0. The van der Waals surface area contributed by atoms with Gasteiger partial charge in [-0.25, -0.2) is 0 Å². The molecule has 0 amide bonds. The first kappa shape index (κ1) is 13.0. The molecular weight excluding hydrogens is 284 g/mol. The smallest absolute Gasteiger partial charge is 0.336 e. The Balaban J connectivity index is 0.00000112. The molecule has 0 nitrogen and oxygen atoms in total. The van der Waals surface area contributed by atoms with Gasteiger partial charge in [0.15, 0.2) is 0 Å². The first-order valence-corrected chi connectivity index (χ1v) is 7.45. The van der Waals surface area contributed by atoms with E-state index in [1.54, 1.807) is 0 Å². The van der Waals surface area contributed by atoms with Crippen LogP contribution in [0.15, 0.2) is 54.6 Å². The molecule has 2 rings (SSSR count). The van der Waals surface area contributed by atoms with E-state index in [9.17, 15) is 0 Å². The van der Waals surface area contributed by atoms with Crippen LogP contribution >= 0.6 is 26.1 Å². The van der Waals surface area contributed by atoms with Crippen molar-refractivity contribution >= 4 is 49.0 Å². The van der Waals surface area contributed by atoms with Gasteiger partial charge in [-0.05, 0) is 11.1 Å². The lowest BCUT2D eigenvalue weighted by molar-refractivity contribution is 1.64. The standard InChI is InChI=1S/C12H9.BrH.ClH.Mg/c1-3-7-11(8-4-1)12-9-5-2-6-10-12;;;/h1,3-10H;2*1H;/q;;;+1/p-1. The van der Waals surface area contributed by atoms with Crippen molar-refractivity contribution in [3.63, 3.8) is 0 Å². The Morgan fingerprint density at radius 2 is 1.27 bits per heavy atom. The Morgan fingerprint density at radius 3 is 1.80 bits per heavy atom. The second-order valence-electron chi connectivity index (χ2n) is 3.20. The predicted molar refractivity (Wildman–Crippen MR) is 73.4 cm³/mol. The van der Waals surface area contributed by atoms with Crippen LogP contribution in [0.3, 0.4) is 0 Å². The summed E-state index contributed by atoms with van der Waals surface area (Å²) >= 11 is -0.532. The third kappa shape index (κ3) is 3.49. The summed E-state index contributed by atoms with van der Waals surface area (Å²) in [4.78, 5) is 0. The minimum Gasteiger partial charge on any atom is -0.336 e. The zero-order chi connectivity index (χ0) is 9.80. The van der Waals surface area contributed by atoms with Crippen molar-refractivity contribution in [2.75, 3.05) is 0 Å². The SMILES string of the molecule is Br.[Cl][Mg][c]1ccc(-c2ccccc2)cc1. The molecular formula is C12H10BrClMg. The first-order valence-electron chi connectivity index (χ1n) is 4.60. The van der Waals surface area contributed by atoms with Gasteiger partial charge in [0.2, 0.25) is 0 Å². The lowest BCUT2D eigenvalue weighted by atomic mass is 10.1. The van der Waals surface area contributed by atoms with Gasteiger partial charge in [0.1, 0.15) is 0 Å². The second kappa shape index (κ2) is 6.54. The maximum absolute atomic E-state index is 5.86. The normalized spacial score (nSPS) is 8.87. The molecule has 0 aliphatic carbocycles. The highest BCUT2D eigenvalue weighted by atomic mass is 79.9. The summed E-state index contributed by atoms with van der Waals surface area (Å²) in [6.07, 6.45) is 0. The monoisotopic (exact) mass is 292 g/mol. The predicted octanol–water partition coefficient (Wildman–Crippen LogP) is 3.41. The Kier molecular flexibility index (Phi) is 5.68. The lowest BCUT2D eigenvalue weighted by Crippen LogP contribution is -2.06. The quantitative estimate of drug-likeness (QED) is 0.745. The Hall–Kier alpha value is -0.0238. The van der Waals surface area contributed by atoms with E-state index < -0.39 is 19.3 Å². The van der Waals surface area contributed by atoms with Crippen LogP contribution in [0.1, 0.15) is 0 Å². The number of hydrogen-bond acceptors (Lipinski definition) is 0. The number of rotatable bonds is 2. The molecule has 2 aromatic carbocycles. The molecule has 0 fully saturated rings. The molecule has 74 valence electrons. The van der Waals surface area contributed by atoms with Gasteiger partial charge < -0.3 is 9.07 Å². The van der Waals surface area contributed by atoms with Crippen LogP contribution in [-0.4, -0.2) is 19.3 Å². The molecule has 0 heterocycles. The summed E-state index contributed by atoms with van der Waals surface area (Å²) in [6, 6.07) is 18.9. The van der Waals surface area contributed by atoms with Crippen molar-refractivity contribution < 1.29 is 0 Å². The summed E-state index contributed by atoms with van der Waals surface area (Å²) in [7, 11) is 5.86. The molecule has 3 heteroatoms. The Morgan fingerprint density at radius 1 is 0.733 bits per heavy atom. The molecule has 2 aromatic rings. The van der Waals surface area contributed by atoms with Crippen molar-refractivity contribution in [1.82, 2.24) is 0 Å². The average molecular weight is 294 g/mol. The van der Waals surface area contributed by atoms with Crippen LogP contribution < -0.4 is 3.69 Å². The fourth-order valence-electron chi connectivity index (χ4n) is 1.42. The Labute approximate surface area is 114 Å². The lowest BCUT2D eigenvalue weighted by Gasteiger charge is -2.01.